The summed E-state index contributed by atoms with van der Waals surface area (Å²) in [4.78, 5) is 15.8. The van der Waals surface area contributed by atoms with E-state index in [2.05, 4.69) is 10.3 Å². The number of anilines is 2. The molecule has 2 aromatic rings. The number of halogens is 2. The van der Waals surface area contributed by atoms with Gasteiger partial charge in [0.05, 0.1) is 29.1 Å². The standard InChI is InChI=1S/C19H21Cl2N3O3/c1-26-19(25)11-2-7-16(22)17(8-11)24-13-3-5-14(6-4-13)27-18-15(21)9-12(20)10-23-18/h2,7-10,13-14,24H,3-6,22H2,1H3. The second-order valence-corrected chi connectivity index (χ2v) is 7.31. The van der Waals surface area contributed by atoms with E-state index in [0.717, 1.165) is 31.4 Å². The highest BCUT2D eigenvalue weighted by atomic mass is 35.5. The van der Waals surface area contributed by atoms with Crippen molar-refractivity contribution in [3.05, 3.63) is 46.1 Å². The predicted molar refractivity (Wildman–Crippen MR) is 107 cm³/mol. The number of nitrogens with two attached hydrogens (primary N) is 1. The fourth-order valence-electron chi connectivity index (χ4n) is 3.12. The number of carbonyl (C=O) groups is 1. The topological polar surface area (TPSA) is 86.5 Å². The van der Waals surface area contributed by atoms with Gasteiger partial charge in [0, 0.05) is 12.2 Å². The lowest BCUT2D eigenvalue weighted by Crippen LogP contribution is -2.31. The number of benzene rings is 1. The molecule has 1 aromatic heterocycles. The molecular weight excluding hydrogens is 389 g/mol. The van der Waals surface area contributed by atoms with Crippen LogP contribution in [-0.2, 0) is 4.74 Å². The number of esters is 1. The first kappa shape index (κ1) is 19.6. The van der Waals surface area contributed by atoms with Gasteiger partial charge in [0.25, 0.3) is 0 Å². The van der Waals surface area contributed by atoms with Gasteiger partial charge < -0.3 is 20.5 Å². The molecule has 0 radical (unpaired) electrons. The highest BCUT2D eigenvalue weighted by Gasteiger charge is 2.24. The number of nitrogen functional groups attached to an aromatic ring is 1. The number of carbonyl (C=O) groups excluding carboxylic acids is 1. The summed E-state index contributed by atoms with van der Waals surface area (Å²) in [5.74, 6) is 0.0231. The van der Waals surface area contributed by atoms with Gasteiger partial charge in [-0.1, -0.05) is 23.2 Å². The lowest BCUT2D eigenvalue weighted by atomic mass is 9.92. The maximum atomic E-state index is 11.7. The van der Waals surface area contributed by atoms with Gasteiger partial charge in [0.2, 0.25) is 5.88 Å². The molecule has 0 bridgehead atoms. The van der Waals surface area contributed by atoms with E-state index in [1.165, 1.54) is 13.3 Å². The van der Waals surface area contributed by atoms with Crippen molar-refractivity contribution in [1.82, 2.24) is 4.98 Å². The molecule has 1 saturated carbocycles. The molecule has 0 aliphatic heterocycles. The van der Waals surface area contributed by atoms with E-state index in [1.807, 2.05) is 0 Å². The van der Waals surface area contributed by atoms with Crippen LogP contribution in [0.3, 0.4) is 0 Å². The smallest absolute Gasteiger partial charge is 0.337 e. The van der Waals surface area contributed by atoms with Crippen LogP contribution in [0.1, 0.15) is 36.0 Å². The van der Waals surface area contributed by atoms with E-state index in [1.54, 1.807) is 24.3 Å². The number of rotatable bonds is 5. The Labute approximate surface area is 168 Å². The van der Waals surface area contributed by atoms with E-state index in [-0.39, 0.29) is 18.1 Å². The lowest BCUT2D eigenvalue weighted by Gasteiger charge is -2.30. The van der Waals surface area contributed by atoms with Crippen molar-refractivity contribution in [3.8, 4) is 5.88 Å². The van der Waals surface area contributed by atoms with Crippen molar-refractivity contribution in [2.24, 2.45) is 0 Å². The Balaban J connectivity index is 1.57. The van der Waals surface area contributed by atoms with E-state index in [9.17, 15) is 4.79 Å². The van der Waals surface area contributed by atoms with Gasteiger partial charge in [-0.05, 0) is 49.9 Å². The second kappa shape index (κ2) is 8.67. The Bertz CT molecular complexity index is 824. The normalized spacial score (nSPS) is 19.4. The minimum Gasteiger partial charge on any atom is -0.473 e. The summed E-state index contributed by atoms with van der Waals surface area (Å²) in [5.41, 5.74) is 7.84. The van der Waals surface area contributed by atoms with Crippen molar-refractivity contribution >= 4 is 40.5 Å². The SMILES string of the molecule is COC(=O)c1ccc(N)c(NC2CCC(Oc3ncc(Cl)cc3Cl)CC2)c1. The maximum Gasteiger partial charge on any atom is 0.337 e. The third-order valence-corrected chi connectivity index (χ3v) is 5.04. The van der Waals surface area contributed by atoms with Gasteiger partial charge in [0.15, 0.2) is 0 Å². The molecule has 1 aromatic carbocycles. The fraction of sp³-hybridized carbons (Fsp3) is 0.368. The molecule has 6 nitrogen and oxygen atoms in total. The molecular formula is C19H21Cl2N3O3. The Kier molecular flexibility index (Phi) is 6.29. The summed E-state index contributed by atoms with van der Waals surface area (Å²) in [7, 11) is 1.36. The molecule has 0 atom stereocenters. The van der Waals surface area contributed by atoms with Gasteiger partial charge >= 0.3 is 5.97 Å². The Morgan fingerprint density at radius 3 is 2.63 bits per heavy atom. The highest BCUT2D eigenvalue weighted by molar-refractivity contribution is 6.35. The zero-order valence-electron chi connectivity index (χ0n) is 14.9. The average Bonchev–Trinajstić information content (AvgIpc) is 2.66. The molecule has 1 aliphatic carbocycles. The monoisotopic (exact) mass is 409 g/mol. The molecule has 0 unspecified atom stereocenters. The first-order chi connectivity index (χ1) is 13.0. The number of aromatic nitrogens is 1. The number of hydrogen-bond donors (Lipinski definition) is 2. The molecule has 3 N–H and O–H groups in total. The molecule has 0 spiro atoms. The number of hydrogen-bond acceptors (Lipinski definition) is 6. The van der Waals surface area contributed by atoms with Crippen LogP contribution in [0.25, 0.3) is 0 Å². The number of nitrogens with one attached hydrogen (secondary N) is 1. The van der Waals surface area contributed by atoms with Gasteiger partial charge in [0.1, 0.15) is 11.1 Å². The zero-order valence-corrected chi connectivity index (χ0v) is 16.4. The van der Waals surface area contributed by atoms with E-state index in [0.29, 0.717) is 27.2 Å². The average molecular weight is 410 g/mol. The minimum atomic E-state index is -0.387. The Morgan fingerprint density at radius 1 is 1.22 bits per heavy atom. The van der Waals surface area contributed by atoms with Crippen LogP contribution in [0.5, 0.6) is 5.88 Å². The summed E-state index contributed by atoms with van der Waals surface area (Å²) in [6, 6.07) is 6.95. The van der Waals surface area contributed by atoms with Gasteiger partial charge in [-0.15, -0.1) is 0 Å². The van der Waals surface area contributed by atoms with Crippen LogP contribution in [-0.4, -0.2) is 30.2 Å². The van der Waals surface area contributed by atoms with Crippen molar-refractivity contribution in [2.75, 3.05) is 18.2 Å². The van der Waals surface area contributed by atoms with Crippen LogP contribution >= 0.6 is 23.2 Å². The second-order valence-electron chi connectivity index (χ2n) is 6.47. The largest absolute Gasteiger partial charge is 0.473 e. The molecule has 0 saturated heterocycles. The Morgan fingerprint density at radius 2 is 1.96 bits per heavy atom. The number of methoxy groups -OCH3 is 1. The summed E-state index contributed by atoms with van der Waals surface area (Å²) >= 11 is 12.0. The minimum absolute atomic E-state index is 0.0491. The number of ether oxygens (including phenoxy) is 2. The number of pyridine rings is 1. The third kappa shape index (κ3) is 4.96. The predicted octanol–water partition coefficient (Wildman–Crippen LogP) is 4.56. The molecule has 1 heterocycles. The highest BCUT2D eigenvalue weighted by Crippen LogP contribution is 2.31. The van der Waals surface area contributed by atoms with Crippen LogP contribution in [0, 0.1) is 0 Å². The molecule has 144 valence electrons. The molecule has 3 rings (SSSR count). The van der Waals surface area contributed by atoms with Gasteiger partial charge in [-0.2, -0.15) is 0 Å². The van der Waals surface area contributed by atoms with E-state index >= 15 is 0 Å². The van der Waals surface area contributed by atoms with Crippen molar-refractivity contribution in [1.29, 1.82) is 0 Å². The van der Waals surface area contributed by atoms with Crippen molar-refractivity contribution < 1.29 is 14.3 Å². The maximum absolute atomic E-state index is 11.7. The molecule has 27 heavy (non-hydrogen) atoms. The number of nitrogens with zero attached hydrogens (tertiary/aromatic N) is 1. The van der Waals surface area contributed by atoms with Crippen LogP contribution in [0.2, 0.25) is 10.0 Å². The van der Waals surface area contributed by atoms with E-state index < -0.39 is 0 Å². The molecule has 1 fully saturated rings. The Hall–Kier alpha value is -2.18. The van der Waals surface area contributed by atoms with Crippen molar-refractivity contribution in [3.63, 3.8) is 0 Å². The molecule has 8 heteroatoms. The first-order valence-electron chi connectivity index (χ1n) is 8.68. The van der Waals surface area contributed by atoms with Crippen LogP contribution in [0.4, 0.5) is 11.4 Å². The fourth-order valence-corrected chi connectivity index (χ4v) is 3.54. The van der Waals surface area contributed by atoms with Crippen LogP contribution < -0.4 is 15.8 Å². The van der Waals surface area contributed by atoms with Crippen molar-refractivity contribution in [2.45, 2.75) is 37.8 Å². The summed E-state index contributed by atoms with van der Waals surface area (Å²) in [6.07, 6.45) is 5.08. The molecule has 0 amide bonds. The van der Waals surface area contributed by atoms with E-state index in [4.69, 9.17) is 38.4 Å². The van der Waals surface area contributed by atoms with Gasteiger partial charge in [-0.25, -0.2) is 9.78 Å². The quantitative estimate of drug-likeness (QED) is 0.555. The summed E-state index contributed by atoms with van der Waals surface area (Å²) < 4.78 is 10.7. The zero-order chi connectivity index (χ0) is 19.4. The summed E-state index contributed by atoms with van der Waals surface area (Å²) in [6.45, 7) is 0. The third-order valence-electron chi connectivity index (χ3n) is 4.56. The first-order valence-corrected chi connectivity index (χ1v) is 9.44. The molecule has 1 aliphatic rings. The van der Waals surface area contributed by atoms with Crippen LogP contribution in [0.15, 0.2) is 30.5 Å². The van der Waals surface area contributed by atoms with Gasteiger partial charge in [-0.3, -0.25) is 0 Å². The lowest BCUT2D eigenvalue weighted by molar-refractivity contribution is 0.0601. The summed E-state index contributed by atoms with van der Waals surface area (Å²) in [5, 5.41) is 4.32.